The van der Waals surface area contributed by atoms with Crippen LogP contribution in [0.2, 0.25) is 0 Å². The highest BCUT2D eigenvalue weighted by Gasteiger charge is 2.15. The van der Waals surface area contributed by atoms with E-state index >= 15 is 0 Å². The number of fused-ring (bicyclic) bond motifs is 1. The third-order valence-electron chi connectivity index (χ3n) is 4.39. The summed E-state index contributed by atoms with van der Waals surface area (Å²) in [7, 11) is 3.38. The minimum absolute atomic E-state index is 0.0464. The van der Waals surface area contributed by atoms with Crippen LogP contribution in [-0.2, 0) is 13.5 Å². The molecule has 0 aliphatic carbocycles. The number of ether oxygens (including phenoxy) is 1. The summed E-state index contributed by atoms with van der Waals surface area (Å²) in [5, 5.41) is 4.04. The summed E-state index contributed by atoms with van der Waals surface area (Å²) >= 11 is 0. The van der Waals surface area contributed by atoms with Crippen molar-refractivity contribution in [3.8, 4) is 16.9 Å². The van der Waals surface area contributed by atoms with Gasteiger partial charge in [0.15, 0.2) is 5.78 Å². The third-order valence-corrected chi connectivity index (χ3v) is 4.39. The first-order chi connectivity index (χ1) is 13.2. The topological polar surface area (TPSA) is 69.9 Å². The molecule has 27 heavy (non-hydrogen) atoms. The lowest BCUT2D eigenvalue weighted by atomic mass is 10.0. The average molecular weight is 358 g/mol. The van der Waals surface area contributed by atoms with Crippen molar-refractivity contribution in [3.63, 3.8) is 0 Å². The van der Waals surface area contributed by atoms with Gasteiger partial charge < -0.3 is 4.74 Å². The fourth-order valence-electron chi connectivity index (χ4n) is 3.04. The summed E-state index contributed by atoms with van der Waals surface area (Å²) in [4.78, 5) is 21.7. The Hall–Kier alpha value is -3.54. The zero-order valence-corrected chi connectivity index (χ0v) is 15.1. The molecule has 0 aliphatic heterocycles. The summed E-state index contributed by atoms with van der Waals surface area (Å²) < 4.78 is 7.07. The van der Waals surface area contributed by atoms with Gasteiger partial charge in [-0.2, -0.15) is 5.10 Å². The Morgan fingerprint density at radius 3 is 2.59 bits per heavy atom. The van der Waals surface area contributed by atoms with Crippen molar-refractivity contribution in [1.29, 1.82) is 0 Å². The van der Waals surface area contributed by atoms with Crippen molar-refractivity contribution >= 4 is 16.8 Å². The molecular weight excluding hydrogens is 340 g/mol. The molecule has 134 valence electrons. The lowest BCUT2D eigenvalue weighted by Crippen LogP contribution is -2.05. The number of aryl methyl sites for hydroxylation is 1. The van der Waals surface area contributed by atoms with Gasteiger partial charge in [-0.1, -0.05) is 30.3 Å². The predicted octanol–water partition coefficient (Wildman–Crippen LogP) is 3.46. The Labute approximate surface area is 156 Å². The van der Waals surface area contributed by atoms with E-state index in [9.17, 15) is 4.79 Å². The summed E-state index contributed by atoms with van der Waals surface area (Å²) in [6, 6.07) is 13.9. The summed E-state index contributed by atoms with van der Waals surface area (Å²) in [5.41, 5.74) is 4.58. The fourth-order valence-corrected chi connectivity index (χ4v) is 3.04. The van der Waals surface area contributed by atoms with E-state index in [1.807, 2.05) is 42.5 Å². The molecule has 2 aromatic heterocycles. The lowest BCUT2D eigenvalue weighted by Gasteiger charge is -2.10. The van der Waals surface area contributed by atoms with Gasteiger partial charge >= 0.3 is 0 Å². The number of hydrogen-bond donors (Lipinski definition) is 0. The second-order valence-corrected chi connectivity index (χ2v) is 6.24. The van der Waals surface area contributed by atoms with Crippen LogP contribution in [0.15, 0.2) is 61.1 Å². The first kappa shape index (κ1) is 16.9. The summed E-state index contributed by atoms with van der Waals surface area (Å²) in [6.07, 6.45) is 5.08. The number of nitrogens with zero attached hydrogens (tertiary/aromatic N) is 4. The van der Waals surface area contributed by atoms with E-state index in [4.69, 9.17) is 4.74 Å². The zero-order chi connectivity index (χ0) is 18.8. The standard InChI is InChI=1S/C21H18N4O2/c1-25-13-15(11-23-25)18(26)10-16-12-22-20-17(14-6-4-3-5-7-14)8-9-19(27-2)21(20)24-16/h3-9,11-13H,10H2,1-2H3. The number of hydrogen-bond acceptors (Lipinski definition) is 5. The van der Waals surface area contributed by atoms with Gasteiger partial charge in [-0.05, 0) is 17.7 Å². The maximum absolute atomic E-state index is 12.5. The highest BCUT2D eigenvalue weighted by atomic mass is 16.5. The highest BCUT2D eigenvalue weighted by Crippen LogP contribution is 2.32. The molecule has 0 atom stereocenters. The Morgan fingerprint density at radius 2 is 1.89 bits per heavy atom. The van der Waals surface area contributed by atoms with Crippen molar-refractivity contribution in [2.24, 2.45) is 7.05 Å². The van der Waals surface area contributed by atoms with E-state index in [1.54, 1.807) is 37.4 Å². The van der Waals surface area contributed by atoms with Gasteiger partial charge in [0.1, 0.15) is 16.8 Å². The first-order valence-electron chi connectivity index (χ1n) is 8.55. The zero-order valence-electron chi connectivity index (χ0n) is 15.1. The number of Topliss-reactive ketones (excluding diaryl/α,β-unsaturated/α-hetero) is 1. The monoisotopic (exact) mass is 358 g/mol. The van der Waals surface area contributed by atoms with E-state index < -0.39 is 0 Å². The molecule has 0 N–H and O–H groups in total. The Balaban J connectivity index is 1.76. The molecule has 6 heteroatoms. The van der Waals surface area contributed by atoms with Gasteiger partial charge in [0, 0.05) is 25.0 Å². The maximum atomic E-state index is 12.5. The van der Waals surface area contributed by atoms with Crippen LogP contribution in [0.5, 0.6) is 5.75 Å². The van der Waals surface area contributed by atoms with Crippen LogP contribution >= 0.6 is 0 Å². The molecule has 0 saturated heterocycles. The van der Waals surface area contributed by atoms with E-state index in [0.717, 1.165) is 16.6 Å². The normalized spacial score (nSPS) is 10.9. The smallest absolute Gasteiger partial charge is 0.172 e. The number of rotatable bonds is 5. The van der Waals surface area contributed by atoms with Crippen LogP contribution < -0.4 is 4.74 Å². The molecule has 2 aromatic carbocycles. The highest BCUT2D eigenvalue weighted by molar-refractivity contribution is 5.98. The van der Waals surface area contributed by atoms with Crippen molar-refractivity contribution in [1.82, 2.24) is 19.7 Å². The van der Waals surface area contributed by atoms with Crippen LogP contribution in [-0.4, -0.2) is 32.6 Å². The lowest BCUT2D eigenvalue weighted by molar-refractivity contribution is 0.0992. The van der Waals surface area contributed by atoms with Gasteiger partial charge in [-0.25, -0.2) is 4.98 Å². The van der Waals surface area contributed by atoms with Gasteiger partial charge in [-0.15, -0.1) is 0 Å². The minimum atomic E-state index is -0.0464. The Bertz CT molecular complexity index is 1120. The van der Waals surface area contributed by atoms with Crippen molar-refractivity contribution in [2.75, 3.05) is 7.11 Å². The average Bonchev–Trinajstić information content (AvgIpc) is 3.14. The molecule has 0 amide bonds. The SMILES string of the molecule is COc1ccc(-c2ccccc2)c2ncc(CC(=O)c3cnn(C)c3)nc12. The number of benzene rings is 2. The van der Waals surface area contributed by atoms with Gasteiger partial charge in [0.05, 0.1) is 31.0 Å². The number of methoxy groups -OCH3 is 1. The summed E-state index contributed by atoms with van der Waals surface area (Å²) in [6.45, 7) is 0. The van der Waals surface area contributed by atoms with Crippen LogP contribution in [0.3, 0.4) is 0 Å². The Kier molecular flexibility index (Phi) is 4.38. The minimum Gasteiger partial charge on any atom is -0.494 e. The largest absolute Gasteiger partial charge is 0.494 e. The van der Waals surface area contributed by atoms with Crippen molar-refractivity contribution < 1.29 is 9.53 Å². The van der Waals surface area contributed by atoms with E-state index in [1.165, 1.54) is 0 Å². The van der Waals surface area contributed by atoms with Gasteiger partial charge in [0.25, 0.3) is 0 Å². The maximum Gasteiger partial charge on any atom is 0.172 e. The molecule has 0 radical (unpaired) electrons. The van der Waals surface area contributed by atoms with Gasteiger partial charge in [-0.3, -0.25) is 14.5 Å². The second-order valence-electron chi connectivity index (χ2n) is 6.24. The molecule has 4 aromatic rings. The Morgan fingerprint density at radius 1 is 1.07 bits per heavy atom. The third kappa shape index (κ3) is 3.29. The van der Waals surface area contributed by atoms with E-state index in [-0.39, 0.29) is 12.2 Å². The molecule has 0 unspecified atom stereocenters. The van der Waals surface area contributed by atoms with Crippen LogP contribution in [0, 0.1) is 0 Å². The first-order valence-corrected chi connectivity index (χ1v) is 8.55. The van der Waals surface area contributed by atoms with Crippen LogP contribution in [0.25, 0.3) is 22.2 Å². The molecule has 0 bridgehead atoms. The molecule has 6 nitrogen and oxygen atoms in total. The van der Waals surface area contributed by atoms with Crippen LogP contribution in [0.1, 0.15) is 16.1 Å². The number of aromatic nitrogens is 4. The number of carbonyl (C=O) groups excluding carboxylic acids is 1. The van der Waals surface area contributed by atoms with Crippen molar-refractivity contribution in [3.05, 3.63) is 72.3 Å². The molecule has 4 rings (SSSR count). The molecular formula is C21H18N4O2. The quantitative estimate of drug-likeness (QED) is 0.511. The van der Waals surface area contributed by atoms with Crippen molar-refractivity contribution in [2.45, 2.75) is 6.42 Å². The summed E-state index contributed by atoms with van der Waals surface area (Å²) in [5.74, 6) is 0.586. The molecule has 2 heterocycles. The predicted molar refractivity (Wildman–Crippen MR) is 103 cm³/mol. The second kappa shape index (κ2) is 6.99. The van der Waals surface area contributed by atoms with E-state index in [2.05, 4.69) is 15.1 Å². The number of carbonyl (C=O) groups is 1. The molecule has 0 spiro atoms. The van der Waals surface area contributed by atoms with Gasteiger partial charge in [0.2, 0.25) is 0 Å². The number of ketones is 1. The fraction of sp³-hybridized carbons (Fsp3) is 0.143. The molecule has 0 aliphatic rings. The van der Waals surface area contributed by atoms with E-state index in [0.29, 0.717) is 22.5 Å². The van der Waals surface area contributed by atoms with Crippen LogP contribution in [0.4, 0.5) is 0 Å². The molecule has 0 saturated carbocycles. The molecule has 0 fully saturated rings.